The zero-order valence-corrected chi connectivity index (χ0v) is 14.3. The van der Waals surface area contributed by atoms with Gasteiger partial charge in [0.25, 0.3) is 0 Å². The monoisotopic (exact) mass is 431 g/mol. The molecule has 0 unspecified atom stereocenters. The van der Waals surface area contributed by atoms with Crippen LogP contribution in [-0.2, 0) is 6.61 Å². The fourth-order valence-electron chi connectivity index (χ4n) is 1.75. The van der Waals surface area contributed by atoms with Crippen molar-refractivity contribution in [1.82, 2.24) is 0 Å². The first-order valence-corrected chi connectivity index (χ1v) is 7.85. The van der Waals surface area contributed by atoms with Gasteiger partial charge in [0.05, 0.1) is 0 Å². The molecule has 0 amide bonds. The molecule has 0 saturated heterocycles. The smallest absolute Gasteiger partial charge is 0.125 e. The minimum absolute atomic E-state index is 0.0418. The summed E-state index contributed by atoms with van der Waals surface area (Å²) in [5.74, 6) is 0.836. The van der Waals surface area contributed by atoms with Crippen LogP contribution in [-0.4, -0.2) is 0 Å². The van der Waals surface area contributed by atoms with Gasteiger partial charge in [-0.1, -0.05) is 34.1 Å². The Bertz CT molecular complexity index is 555. The topological polar surface area (TPSA) is 35.2 Å². The van der Waals surface area contributed by atoms with Crippen LogP contribution >= 0.6 is 38.5 Å². The summed E-state index contributed by atoms with van der Waals surface area (Å²) < 4.78 is 8.11. The molecule has 0 radical (unpaired) electrons. The van der Waals surface area contributed by atoms with Crippen LogP contribution in [0.15, 0.2) is 46.9 Å². The highest BCUT2D eigenvalue weighted by Gasteiger charge is 2.09. The summed E-state index contributed by atoms with van der Waals surface area (Å²) in [4.78, 5) is 0. The van der Waals surface area contributed by atoms with Crippen LogP contribution in [0.2, 0.25) is 0 Å². The Hall–Kier alpha value is -0.590. The molecule has 0 aliphatic rings. The van der Waals surface area contributed by atoms with Gasteiger partial charge in [-0.2, -0.15) is 0 Å². The Morgan fingerprint density at radius 1 is 1.21 bits per heavy atom. The molecule has 0 aliphatic heterocycles. The van der Waals surface area contributed by atoms with E-state index in [-0.39, 0.29) is 6.04 Å². The number of rotatable bonds is 4. The van der Waals surface area contributed by atoms with Crippen LogP contribution in [0, 0.1) is 3.57 Å². The first kappa shape index (κ1) is 14.8. The van der Waals surface area contributed by atoms with Crippen molar-refractivity contribution in [2.75, 3.05) is 0 Å². The van der Waals surface area contributed by atoms with E-state index < -0.39 is 0 Å². The highest BCUT2D eigenvalue weighted by atomic mass is 127. The van der Waals surface area contributed by atoms with E-state index in [1.54, 1.807) is 0 Å². The summed E-state index contributed by atoms with van der Waals surface area (Å²) in [6.45, 7) is 2.51. The third-order valence-electron chi connectivity index (χ3n) is 2.77. The summed E-state index contributed by atoms with van der Waals surface area (Å²) in [5.41, 5.74) is 8.13. The predicted octanol–water partition coefficient (Wildman–Crippen LogP) is 4.65. The second kappa shape index (κ2) is 6.72. The molecule has 0 bridgehead atoms. The number of ether oxygens (including phenoxy) is 1. The van der Waals surface area contributed by atoms with Gasteiger partial charge in [-0.25, -0.2) is 0 Å². The maximum absolute atomic E-state index is 5.96. The molecular weight excluding hydrogens is 417 g/mol. The normalized spacial score (nSPS) is 12.2. The van der Waals surface area contributed by atoms with Crippen molar-refractivity contribution >= 4 is 38.5 Å². The number of halogens is 2. The zero-order chi connectivity index (χ0) is 13.8. The summed E-state index contributed by atoms with van der Waals surface area (Å²) in [6.07, 6.45) is 0. The third-order valence-corrected chi connectivity index (χ3v) is 3.99. The van der Waals surface area contributed by atoms with E-state index >= 15 is 0 Å². The van der Waals surface area contributed by atoms with Gasteiger partial charge in [0.2, 0.25) is 0 Å². The lowest BCUT2D eigenvalue weighted by Crippen LogP contribution is -2.08. The van der Waals surface area contributed by atoms with E-state index in [1.807, 2.05) is 25.1 Å². The number of nitrogens with two attached hydrogens (primary N) is 1. The minimum Gasteiger partial charge on any atom is -0.489 e. The molecular formula is C15H15BrINO. The average Bonchev–Trinajstić information content (AvgIpc) is 2.38. The second-order valence-corrected chi connectivity index (χ2v) is 6.55. The van der Waals surface area contributed by atoms with E-state index in [0.29, 0.717) is 6.61 Å². The van der Waals surface area contributed by atoms with Gasteiger partial charge in [-0.3, -0.25) is 0 Å². The zero-order valence-electron chi connectivity index (χ0n) is 10.6. The average molecular weight is 432 g/mol. The van der Waals surface area contributed by atoms with Crippen molar-refractivity contribution < 1.29 is 4.74 Å². The molecule has 2 N–H and O–H groups in total. The Morgan fingerprint density at radius 3 is 2.53 bits per heavy atom. The molecule has 0 heterocycles. The predicted molar refractivity (Wildman–Crippen MR) is 90.2 cm³/mol. The molecule has 1 atom stereocenters. The standard InChI is InChI=1S/C15H15BrINO/c1-10(18)14-7-4-12(16)8-15(14)19-9-11-2-5-13(17)6-3-11/h2-8,10H,9,18H2,1H3/t10-/m1/s1. The van der Waals surface area contributed by atoms with Crippen molar-refractivity contribution in [3.8, 4) is 5.75 Å². The fourth-order valence-corrected chi connectivity index (χ4v) is 2.45. The molecule has 100 valence electrons. The van der Waals surface area contributed by atoms with Crippen molar-refractivity contribution in [2.45, 2.75) is 19.6 Å². The Balaban J connectivity index is 2.14. The molecule has 2 nitrogen and oxygen atoms in total. The number of hydrogen-bond acceptors (Lipinski definition) is 2. The number of hydrogen-bond donors (Lipinski definition) is 1. The van der Waals surface area contributed by atoms with Gasteiger partial charge in [0.1, 0.15) is 12.4 Å². The van der Waals surface area contributed by atoms with Crippen molar-refractivity contribution in [2.24, 2.45) is 5.73 Å². The summed E-state index contributed by atoms with van der Waals surface area (Å²) in [5, 5.41) is 0. The molecule has 0 spiro atoms. The van der Waals surface area contributed by atoms with Gasteiger partial charge in [0.15, 0.2) is 0 Å². The van der Waals surface area contributed by atoms with E-state index in [0.717, 1.165) is 21.3 Å². The lowest BCUT2D eigenvalue weighted by molar-refractivity contribution is 0.301. The number of benzene rings is 2. The Labute approximate surface area is 135 Å². The van der Waals surface area contributed by atoms with Gasteiger partial charge >= 0.3 is 0 Å². The fraction of sp³-hybridized carbons (Fsp3) is 0.200. The van der Waals surface area contributed by atoms with E-state index in [2.05, 4.69) is 62.8 Å². The van der Waals surface area contributed by atoms with Crippen LogP contribution in [0.4, 0.5) is 0 Å². The maximum Gasteiger partial charge on any atom is 0.125 e. The van der Waals surface area contributed by atoms with Crippen molar-refractivity contribution in [1.29, 1.82) is 0 Å². The van der Waals surface area contributed by atoms with Gasteiger partial charge < -0.3 is 10.5 Å². The summed E-state index contributed by atoms with van der Waals surface area (Å²) in [6, 6.07) is 14.2. The van der Waals surface area contributed by atoms with Crippen molar-refractivity contribution in [3.05, 3.63) is 61.6 Å². The van der Waals surface area contributed by atoms with E-state index in [4.69, 9.17) is 10.5 Å². The SMILES string of the molecule is C[C@@H](N)c1ccc(Br)cc1OCc1ccc(I)cc1. The van der Waals surface area contributed by atoms with Crippen LogP contribution < -0.4 is 10.5 Å². The van der Waals surface area contributed by atoms with Crippen molar-refractivity contribution in [3.63, 3.8) is 0 Å². The molecule has 2 aromatic rings. The van der Waals surface area contributed by atoms with Crippen LogP contribution in [0.3, 0.4) is 0 Å². The Kier molecular flexibility index (Phi) is 5.24. The summed E-state index contributed by atoms with van der Waals surface area (Å²) in [7, 11) is 0. The van der Waals surface area contributed by atoms with Gasteiger partial charge in [0, 0.05) is 19.6 Å². The van der Waals surface area contributed by atoms with Crippen LogP contribution in [0.1, 0.15) is 24.1 Å². The molecule has 2 rings (SSSR count). The molecule has 0 aliphatic carbocycles. The quantitative estimate of drug-likeness (QED) is 0.715. The van der Waals surface area contributed by atoms with Crippen LogP contribution in [0.25, 0.3) is 0 Å². The Morgan fingerprint density at radius 2 is 1.89 bits per heavy atom. The third kappa shape index (κ3) is 4.19. The molecule has 0 fully saturated rings. The highest BCUT2D eigenvalue weighted by molar-refractivity contribution is 14.1. The molecule has 2 aromatic carbocycles. The molecule has 19 heavy (non-hydrogen) atoms. The molecule has 4 heteroatoms. The molecule has 0 aromatic heterocycles. The van der Waals surface area contributed by atoms with E-state index in [9.17, 15) is 0 Å². The molecule has 0 saturated carbocycles. The maximum atomic E-state index is 5.96. The van der Waals surface area contributed by atoms with E-state index in [1.165, 1.54) is 3.57 Å². The first-order chi connectivity index (χ1) is 9.06. The first-order valence-electron chi connectivity index (χ1n) is 5.98. The lowest BCUT2D eigenvalue weighted by atomic mass is 10.1. The lowest BCUT2D eigenvalue weighted by Gasteiger charge is -2.14. The van der Waals surface area contributed by atoms with Gasteiger partial charge in [-0.15, -0.1) is 0 Å². The van der Waals surface area contributed by atoms with Gasteiger partial charge in [-0.05, 0) is 59.3 Å². The largest absolute Gasteiger partial charge is 0.489 e. The minimum atomic E-state index is -0.0418. The summed E-state index contributed by atoms with van der Waals surface area (Å²) >= 11 is 5.75. The second-order valence-electron chi connectivity index (χ2n) is 4.39. The van der Waals surface area contributed by atoms with Crippen LogP contribution in [0.5, 0.6) is 5.75 Å². The highest BCUT2D eigenvalue weighted by Crippen LogP contribution is 2.28.